The van der Waals surface area contributed by atoms with Gasteiger partial charge in [0.15, 0.2) is 5.78 Å². The van der Waals surface area contributed by atoms with Gasteiger partial charge in [0.1, 0.15) is 5.69 Å². The molecular formula is C14H19BrN4O. The van der Waals surface area contributed by atoms with E-state index in [2.05, 4.69) is 26.1 Å². The molecule has 0 unspecified atom stereocenters. The quantitative estimate of drug-likeness (QED) is 0.787. The number of aromatic nitrogens is 4. The van der Waals surface area contributed by atoms with E-state index < -0.39 is 0 Å². The molecule has 0 bridgehead atoms. The second-order valence-corrected chi connectivity index (χ2v) is 5.54. The number of carbonyl (C=O) groups is 1. The number of aryl methyl sites for hydroxylation is 4. The average Bonchev–Trinajstić information content (AvgIpc) is 2.93. The van der Waals surface area contributed by atoms with E-state index in [1.807, 2.05) is 38.4 Å². The highest BCUT2D eigenvalue weighted by atomic mass is 79.9. The lowest BCUT2D eigenvalue weighted by Gasteiger charge is -2.06. The summed E-state index contributed by atoms with van der Waals surface area (Å²) >= 11 is 3.53. The Morgan fingerprint density at radius 2 is 1.85 bits per heavy atom. The van der Waals surface area contributed by atoms with Crippen LogP contribution in [0, 0.1) is 13.8 Å². The van der Waals surface area contributed by atoms with Crippen molar-refractivity contribution in [2.45, 2.75) is 47.2 Å². The highest BCUT2D eigenvalue weighted by Crippen LogP contribution is 2.22. The number of rotatable bonds is 5. The van der Waals surface area contributed by atoms with Gasteiger partial charge in [0.05, 0.1) is 28.0 Å². The van der Waals surface area contributed by atoms with Gasteiger partial charge in [0.2, 0.25) is 0 Å². The Kier molecular flexibility index (Phi) is 4.42. The molecule has 2 aromatic rings. The fraction of sp³-hybridized carbons (Fsp3) is 0.500. The zero-order chi connectivity index (χ0) is 14.9. The fourth-order valence-electron chi connectivity index (χ4n) is 2.29. The van der Waals surface area contributed by atoms with Gasteiger partial charge in [0.25, 0.3) is 0 Å². The van der Waals surface area contributed by atoms with Gasteiger partial charge >= 0.3 is 0 Å². The maximum Gasteiger partial charge on any atom is 0.186 e. The zero-order valence-electron chi connectivity index (χ0n) is 12.3. The molecule has 0 aliphatic heterocycles. The molecule has 0 radical (unpaired) electrons. The number of halogens is 1. The molecule has 0 aliphatic rings. The minimum absolute atomic E-state index is 0.0720. The molecule has 5 nitrogen and oxygen atoms in total. The first-order valence-electron chi connectivity index (χ1n) is 6.77. The van der Waals surface area contributed by atoms with Gasteiger partial charge < -0.3 is 0 Å². The molecule has 0 saturated carbocycles. The number of nitrogens with zero attached hydrogens (tertiary/aromatic N) is 4. The summed E-state index contributed by atoms with van der Waals surface area (Å²) in [5.41, 5.74) is 3.37. The van der Waals surface area contributed by atoms with Crippen LogP contribution >= 0.6 is 15.9 Å². The van der Waals surface area contributed by atoms with Crippen LogP contribution in [-0.4, -0.2) is 25.3 Å². The standard InChI is InChI=1S/C14H19BrN4O/c1-5-18-11(7-9(3)16-18)13(20)8-12-14(15)10(4)17-19(12)6-2/h7H,5-6,8H2,1-4H3. The molecule has 2 heterocycles. The van der Waals surface area contributed by atoms with E-state index in [0.29, 0.717) is 18.7 Å². The van der Waals surface area contributed by atoms with Crippen LogP contribution in [0.25, 0.3) is 0 Å². The lowest BCUT2D eigenvalue weighted by molar-refractivity contribution is 0.0980. The summed E-state index contributed by atoms with van der Waals surface area (Å²) in [5, 5.41) is 8.74. The summed E-state index contributed by atoms with van der Waals surface area (Å²) in [5.74, 6) is 0.0720. The van der Waals surface area contributed by atoms with E-state index in [-0.39, 0.29) is 5.78 Å². The molecule has 0 aromatic carbocycles. The first-order valence-corrected chi connectivity index (χ1v) is 7.56. The SMILES string of the molecule is CCn1nc(C)cc1C(=O)Cc1c(Br)c(C)nn1CC. The molecule has 0 aliphatic carbocycles. The van der Waals surface area contributed by atoms with Crippen molar-refractivity contribution in [3.8, 4) is 0 Å². The number of Topliss-reactive ketones (excluding diaryl/α,β-unsaturated/α-hetero) is 1. The Bertz CT molecular complexity index is 642. The van der Waals surface area contributed by atoms with Crippen LogP contribution in [0.5, 0.6) is 0 Å². The largest absolute Gasteiger partial charge is 0.292 e. The minimum Gasteiger partial charge on any atom is -0.292 e. The van der Waals surface area contributed by atoms with Crippen LogP contribution in [0.4, 0.5) is 0 Å². The van der Waals surface area contributed by atoms with Crippen LogP contribution < -0.4 is 0 Å². The van der Waals surface area contributed by atoms with E-state index in [1.54, 1.807) is 4.68 Å². The van der Waals surface area contributed by atoms with Crippen molar-refractivity contribution in [3.05, 3.63) is 33.3 Å². The third-order valence-corrected chi connectivity index (χ3v) is 4.30. The highest BCUT2D eigenvalue weighted by Gasteiger charge is 2.19. The van der Waals surface area contributed by atoms with Crippen LogP contribution in [-0.2, 0) is 19.5 Å². The van der Waals surface area contributed by atoms with Gasteiger partial charge in [-0.2, -0.15) is 10.2 Å². The third kappa shape index (κ3) is 2.70. The molecular weight excluding hydrogens is 320 g/mol. The van der Waals surface area contributed by atoms with E-state index in [1.165, 1.54) is 0 Å². The van der Waals surface area contributed by atoms with Gasteiger partial charge in [-0.25, -0.2) is 0 Å². The molecule has 20 heavy (non-hydrogen) atoms. The van der Waals surface area contributed by atoms with Crippen molar-refractivity contribution in [1.29, 1.82) is 0 Å². The Morgan fingerprint density at radius 3 is 2.45 bits per heavy atom. The maximum atomic E-state index is 12.5. The summed E-state index contributed by atoms with van der Waals surface area (Å²) in [6.07, 6.45) is 0.334. The van der Waals surface area contributed by atoms with Crippen molar-refractivity contribution < 1.29 is 4.79 Å². The summed E-state index contributed by atoms with van der Waals surface area (Å²) in [6, 6.07) is 1.85. The minimum atomic E-state index is 0.0720. The first kappa shape index (κ1) is 15.0. The summed E-state index contributed by atoms with van der Waals surface area (Å²) in [4.78, 5) is 12.5. The van der Waals surface area contributed by atoms with Gasteiger partial charge in [-0.15, -0.1) is 0 Å². The van der Waals surface area contributed by atoms with E-state index in [4.69, 9.17) is 0 Å². The van der Waals surface area contributed by atoms with Crippen LogP contribution in [0.2, 0.25) is 0 Å². The summed E-state index contributed by atoms with van der Waals surface area (Å²) in [6.45, 7) is 9.29. The predicted octanol–water partition coefficient (Wildman–Crippen LogP) is 2.92. The molecule has 0 fully saturated rings. The van der Waals surface area contributed by atoms with Gasteiger partial charge in [0, 0.05) is 13.1 Å². The van der Waals surface area contributed by atoms with Crippen molar-refractivity contribution in [1.82, 2.24) is 19.6 Å². The van der Waals surface area contributed by atoms with Crippen LogP contribution in [0.1, 0.15) is 41.4 Å². The average molecular weight is 339 g/mol. The molecule has 6 heteroatoms. The van der Waals surface area contributed by atoms with Crippen LogP contribution in [0.15, 0.2) is 10.5 Å². The molecule has 0 saturated heterocycles. The fourth-order valence-corrected chi connectivity index (χ4v) is 2.72. The van der Waals surface area contributed by atoms with Crippen molar-refractivity contribution in [3.63, 3.8) is 0 Å². The second-order valence-electron chi connectivity index (χ2n) is 4.75. The Balaban J connectivity index is 2.32. The topological polar surface area (TPSA) is 52.7 Å². The van der Waals surface area contributed by atoms with E-state index in [0.717, 1.165) is 28.1 Å². The highest BCUT2D eigenvalue weighted by molar-refractivity contribution is 9.10. The van der Waals surface area contributed by atoms with Gasteiger partial charge in [-0.05, 0) is 49.7 Å². The summed E-state index contributed by atoms with van der Waals surface area (Å²) < 4.78 is 4.55. The number of ketones is 1. The molecule has 2 aromatic heterocycles. The molecule has 0 spiro atoms. The van der Waals surface area contributed by atoms with Crippen LogP contribution in [0.3, 0.4) is 0 Å². The molecule has 0 N–H and O–H groups in total. The normalized spacial score (nSPS) is 11.1. The lowest BCUT2D eigenvalue weighted by atomic mass is 10.1. The number of hydrogen-bond acceptors (Lipinski definition) is 3. The Labute approximate surface area is 127 Å². The molecule has 0 amide bonds. The molecule has 2 rings (SSSR count). The molecule has 0 atom stereocenters. The predicted molar refractivity (Wildman–Crippen MR) is 81.0 cm³/mol. The van der Waals surface area contributed by atoms with Crippen molar-refractivity contribution in [2.24, 2.45) is 0 Å². The zero-order valence-corrected chi connectivity index (χ0v) is 13.9. The molecule has 108 valence electrons. The van der Waals surface area contributed by atoms with E-state index >= 15 is 0 Å². The van der Waals surface area contributed by atoms with Gasteiger partial charge in [-0.1, -0.05) is 0 Å². The number of hydrogen-bond donors (Lipinski definition) is 0. The second kappa shape index (κ2) is 5.91. The lowest BCUT2D eigenvalue weighted by Crippen LogP contribution is -2.14. The Hall–Kier alpha value is -1.43. The summed E-state index contributed by atoms with van der Waals surface area (Å²) in [7, 11) is 0. The maximum absolute atomic E-state index is 12.5. The smallest absolute Gasteiger partial charge is 0.186 e. The van der Waals surface area contributed by atoms with Crippen molar-refractivity contribution in [2.75, 3.05) is 0 Å². The van der Waals surface area contributed by atoms with E-state index in [9.17, 15) is 4.79 Å². The number of carbonyl (C=O) groups excluding carboxylic acids is 1. The Morgan fingerprint density at radius 1 is 1.20 bits per heavy atom. The van der Waals surface area contributed by atoms with Gasteiger partial charge in [-0.3, -0.25) is 14.2 Å². The first-order chi connectivity index (χ1) is 9.47. The van der Waals surface area contributed by atoms with Crippen molar-refractivity contribution >= 4 is 21.7 Å². The third-order valence-electron chi connectivity index (χ3n) is 3.27. The monoisotopic (exact) mass is 338 g/mol.